The monoisotopic (exact) mass is 352 g/mol. The fourth-order valence-electron chi connectivity index (χ4n) is 2.56. The van der Waals surface area contributed by atoms with Gasteiger partial charge < -0.3 is 5.32 Å². The van der Waals surface area contributed by atoms with Gasteiger partial charge in [-0.15, -0.1) is 34.4 Å². The zero-order valence-electron chi connectivity index (χ0n) is 12.6. The van der Waals surface area contributed by atoms with E-state index in [1.165, 1.54) is 17.7 Å². The van der Waals surface area contributed by atoms with Gasteiger partial charge >= 0.3 is 0 Å². The highest BCUT2D eigenvalue weighted by Gasteiger charge is 2.21. The Labute approximate surface area is 143 Å². The average Bonchev–Trinajstić information content (AvgIpc) is 3.25. The van der Waals surface area contributed by atoms with Crippen molar-refractivity contribution in [2.45, 2.75) is 49.7 Å². The molecule has 6 heteroatoms. The summed E-state index contributed by atoms with van der Waals surface area (Å²) in [5.41, 5.74) is 1.07. The van der Waals surface area contributed by atoms with Crippen molar-refractivity contribution in [2.24, 2.45) is 0 Å². The minimum atomic E-state index is -0.0208. The van der Waals surface area contributed by atoms with Gasteiger partial charge in [0, 0.05) is 17.2 Å². The van der Waals surface area contributed by atoms with Gasteiger partial charge in [-0.3, -0.25) is 4.79 Å². The van der Waals surface area contributed by atoms with Crippen molar-refractivity contribution in [3.63, 3.8) is 0 Å². The van der Waals surface area contributed by atoms with Crippen molar-refractivity contribution in [1.29, 1.82) is 0 Å². The third-order valence-electron chi connectivity index (χ3n) is 3.84. The van der Waals surface area contributed by atoms with Crippen LogP contribution < -0.4 is 5.32 Å². The maximum Gasteiger partial charge on any atom is 0.233 e. The van der Waals surface area contributed by atoms with E-state index in [0.29, 0.717) is 6.04 Å². The van der Waals surface area contributed by atoms with Crippen LogP contribution in [0.5, 0.6) is 0 Å². The number of thioether (sulfide) groups is 1. The second-order valence-corrected chi connectivity index (χ2v) is 8.70. The third-order valence-corrected chi connectivity index (χ3v) is 6.94. The number of nitrogens with one attached hydrogen (secondary N) is 1. The van der Waals surface area contributed by atoms with Gasteiger partial charge in [-0.1, -0.05) is 18.9 Å². The number of carbonyl (C=O) groups is 1. The summed E-state index contributed by atoms with van der Waals surface area (Å²) >= 11 is 5.06. The Kier molecular flexibility index (Phi) is 5.55. The van der Waals surface area contributed by atoms with Gasteiger partial charge in [-0.05, 0) is 31.2 Å². The number of aromatic nitrogens is 1. The fourth-order valence-corrected chi connectivity index (χ4v) is 5.09. The summed E-state index contributed by atoms with van der Waals surface area (Å²) in [6.07, 6.45) is 4.77. The van der Waals surface area contributed by atoms with Gasteiger partial charge in [0.2, 0.25) is 5.91 Å². The Bertz CT molecular complexity index is 603. The number of hydrogen-bond donors (Lipinski definition) is 1. The van der Waals surface area contributed by atoms with Crippen LogP contribution in [0.2, 0.25) is 0 Å². The Morgan fingerprint density at radius 2 is 2.27 bits per heavy atom. The van der Waals surface area contributed by atoms with Crippen LogP contribution in [0.1, 0.15) is 38.3 Å². The third kappa shape index (κ3) is 4.12. The van der Waals surface area contributed by atoms with E-state index < -0.39 is 0 Å². The highest BCUT2D eigenvalue weighted by molar-refractivity contribution is 7.99. The zero-order valence-corrected chi connectivity index (χ0v) is 15.0. The van der Waals surface area contributed by atoms with Crippen molar-refractivity contribution in [2.75, 3.05) is 0 Å². The molecule has 2 heterocycles. The van der Waals surface area contributed by atoms with Crippen LogP contribution in [0.15, 0.2) is 22.9 Å². The van der Waals surface area contributed by atoms with E-state index in [1.807, 2.05) is 13.0 Å². The van der Waals surface area contributed by atoms with Crippen LogP contribution in [0.3, 0.4) is 0 Å². The number of nitrogens with zero attached hydrogens (tertiary/aromatic N) is 1. The number of rotatable bonds is 6. The molecular formula is C16H20N2OS3. The van der Waals surface area contributed by atoms with Crippen molar-refractivity contribution >= 4 is 40.3 Å². The summed E-state index contributed by atoms with van der Waals surface area (Å²) < 4.78 is 0. The van der Waals surface area contributed by atoms with Gasteiger partial charge in [0.1, 0.15) is 5.01 Å². The quantitative estimate of drug-likeness (QED) is 0.829. The van der Waals surface area contributed by atoms with Crippen molar-refractivity contribution in [3.05, 3.63) is 28.6 Å². The van der Waals surface area contributed by atoms with E-state index >= 15 is 0 Å². The molecule has 0 radical (unpaired) electrons. The summed E-state index contributed by atoms with van der Waals surface area (Å²) in [5, 5.41) is 8.39. The molecule has 0 spiro atoms. The minimum absolute atomic E-state index is 0.0208. The summed E-state index contributed by atoms with van der Waals surface area (Å²) in [6, 6.07) is 4.55. The van der Waals surface area contributed by atoms with E-state index in [0.717, 1.165) is 29.3 Å². The van der Waals surface area contributed by atoms with Gasteiger partial charge in [0.15, 0.2) is 0 Å². The molecule has 3 nitrogen and oxygen atoms in total. The van der Waals surface area contributed by atoms with Crippen molar-refractivity contribution in [3.8, 4) is 9.88 Å². The van der Waals surface area contributed by atoms with Crippen LogP contribution in [-0.2, 0) is 10.5 Å². The van der Waals surface area contributed by atoms with Gasteiger partial charge in [0.25, 0.3) is 0 Å². The van der Waals surface area contributed by atoms with Gasteiger partial charge in [-0.2, -0.15) is 0 Å². The number of hydrogen-bond acceptors (Lipinski definition) is 5. The molecule has 1 fully saturated rings. The Hall–Kier alpha value is -0.850. The second kappa shape index (κ2) is 7.62. The van der Waals surface area contributed by atoms with E-state index in [9.17, 15) is 4.79 Å². The number of thiophene rings is 1. The van der Waals surface area contributed by atoms with Crippen molar-refractivity contribution in [1.82, 2.24) is 10.3 Å². The lowest BCUT2D eigenvalue weighted by molar-refractivity contribution is -0.120. The molecule has 2 aromatic rings. The summed E-state index contributed by atoms with van der Waals surface area (Å²) in [4.78, 5) is 18.0. The Balaban J connectivity index is 1.48. The molecule has 3 rings (SSSR count). The largest absolute Gasteiger partial charge is 0.352 e. The van der Waals surface area contributed by atoms with E-state index in [1.54, 1.807) is 34.4 Å². The van der Waals surface area contributed by atoms with Crippen LogP contribution in [0.4, 0.5) is 0 Å². The zero-order chi connectivity index (χ0) is 15.4. The number of thiazole rings is 1. The molecule has 0 aliphatic heterocycles. The molecular weight excluding hydrogens is 332 g/mol. The van der Waals surface area contributed by atoms with E-state index in [2.05, 4.69) is 27.1 Å². The topological polar surface area (TPSA) is 42.0 Å². The molecule has 2 aromatic heterocycles. The van der Waals surface area contributed by atoms with E-state index in [4.69, 9.17) is 0 Å². The lowest BCUT2D eigenvalue weighted by atomic mass is 10.2. The van der Waals surface area contributed by atoms with Crippen LogP contribution >= 0.6 is 34.4 Å². The number of carbonyl (C=O) groups excluding carboxylic acids is 1. The molecule has 0 bridgehead atoms. The van der Waals surface area contributed by atoms with Crippen LogP contribution in [-0.4, -0.2) is 22.2 Å². The standard InChI is InChI=1S/C16H20N2OS3/c1-11(15(19)17-12-5-2-3-6-12)21-9-13-10-22-16(18-13)14-7-4-8-20-14/h4,7-8,10-12H,2-3,5-6,9H2,1H3,(H,17,19)/t11-/m0/s1. The second-order valence-electron chi connectivity index (χ2n) is 5.56. The first kappa shape index (κ1) is 16.0. The van der Waals surface area contributed by atoms with Gasteiger partial charge in [0.05, 0.1) is 15.8 Å². The normalized spacial score (nSPS) is 16.8. The minimum Gasteiger partial charge on any atom is -0.352 e. The molecule has 1 aliphatic carbocycles. The molecule has 22 heavy (non-hydrogen) atoms. The highest BCUT2D eigenvalue weighted by atomic mass is 32.2. The summed E-state index contributed by atoms with van der Waals surface area (Å²) in [6.45, 7) is 1.99. The van der Waals surface area contributed by atoms with Crippen LogP contribution in [0, 0.1) is 0 Å². The maximum absolute atomic E-state index is 12.2. The van der Waals surface area contributed by atoms with E-state index in [-0.39, 0.29) is 11.2 Å². The molecule has 1 aliphatic rings. The Morgan fingerprint density at radius 1 is 1.45 bits per heavy atom. The smallest absolute Gasteiger partial charge is 0.233 e. The highest BCUT2D eigenvalue weighted by Crippen LogP contribution is 2.29. The predicted molar refractivity (Wildman–Crippen MR) is 96.6 cm³/mol. The fraction of sp³-hybridized carbons (Fsp3) is 0.500. The molecule has 0 unspecified atom stereocenters. The molecule has 1 saturated carbocycles. The van der Waals surface area contributed by atoms with Crippen LogP contribution in [0.25, 0.3) is 9.88 Å². The molecule has 118 valence electrons. The first-order chi connectivity index (χ1) is 10.7. The molecule has 1 atom stereocenters. The van der Waals surface area contributed by atoms with Crippen molar-refractivity contribution < 1.29 is 4.79 Å². The Morgan fingerprint density at radius 3 is 3.00 bits per heavy atom. The molecule has 0 saturated heterocycles. The average molecular weight is 353 g/mol. The SMILES string of the molecule is C[C@H](SCc1csc(-c2cccs2)n1)C(=O)NC1CCCC1. The number of amides is 1. The molecule has 1 N–H and O–H groups in total. The lowest BCUT2D eigenvalue weighted by Crippen LogP contribution is -2.37. The summed E-state index contributed by atoms with van der Waals surface area (Å²) in [5.74, 6) is 0.965. The first-order valence-electron chi connectivity index (χ1n) is 7.62. The lowest BCUT2D eigenvalue weighted by Gasteiger charge is -2.15. The summed E-state index contributed by atoms with van der Waals surface area (Å²) in [7, 11) is 0. The first-order valence-corrected chi connectivity index (χ1v) is 10.4. The maximum atomic E-state index is 12.2. The van der Waals surface area contributed by atoms with Gasteiger partial charge in [-0.25, -0.2) is 4.98 Å². The molecule has 0 aromatic carbocycles. The predicted octanol–water partition coefficient (Wildman–Crippen LogP) is 4.55. The molecule has 1 amide bonds.